The van der Waals surface area contributed by atoms with E-state index >= 15 is 0 Å². The third-order valence-electron chi connectivity index (χ3n) is 6.03. The number of carbonyl (C=O) groups excluding carboxylic acids is 1. The van der Waals surface area contributed by atoms with Gasteiger partial charge in [0.25, 0.3) is 0 Å². The highest BCUT2D eigenvalue weighted by molar-refractivity contribution is 5.79. The molecule has 0 saturated carbocycles. The van der Waals surface area contributed by atoms with E-state index in [-0.39, 0.29) is 23.3 Å². The van der Waals surface area contributed by atoms with Crippen molar-refractivity contribution >= 4 is 11.8 Å². The van der Waals surface area contributed by atoms with Crippen molar-refractivity contribution in [1.29, 1.82) is 5.26 Å². The standard InChI is InChI=1S/C22H28N4O3/c1-13-9-16-17(10-22(3,4)11-19(16)28-13)25-20(27)15-5-7-26(8-6-15)21-18(12-23)24-14(2)29-21/h9,15,17H,5-8,10-11H2,1-4H3,(H,25,27)/t17-/m0/s1. The molecular weight excluding hydrogens is 368 g/mol. The Balaban J connectivity index is 1.41. The normalized spacial score (nSPS) is 21.5. The van der Waals surface area contributed by atoms with Gasteiger partial charge in [-0.2, -0.15) is 5.26 Å². The first kappa shape index (κ1) is 19.6. The minimum absolute atomic E-state index is 0.00107. The minimum atomic E-state index is -0.0395. The van der Waals surface area contributed by atoms with Gasteiger partial charge in [-0.1, -0.05) is 13.8 Å². The van der Waals surface area contributed by atoms with Crippen molar-refractivity contribution in [1.82, 2.24) is 10.3 Å². The summed E-state index contributed by atoms with van der Waals surface area (Å²) in [5.74, 6) is 2.98. The summed E-state index contributed by atoms with van der Waals surface area (Å²) in [6.07, 6.45) is 3.26. The number of hydrogen-bond acceptors (Lipinski definition) is 6. The average molecular weight is 396 g/mol. The van der Waals surface area contributed by atoms with Gasteiger partial charge in [0, 0.05) is 37.9 Å². The van der Waals surface area contributed by atoms with Crippen LogP contribution in [0.15, 0.2) is 14.9 Å². The van der Waals surface area contributed by atoms with Crippen LogP contribution >= 0.6 is 0 Å². The fourth-order valence-corrected chi connectivity index (χ4v) is 4.65. The first-order valence-corrected chi connectivity index (χ1v) is 10.3. The van der Waals surface area contributed by atoms with Crippen LogP contribution in [-0.2, 0) is 11.2 Å². The molecule has 0 spiro atoms. The number of carbonyl (C=O) groups is 1. The van der Waals surface area contributed by atoms with E-state index in [2.05, 4.69) is 36.3 Å². The molecule has 4 rings (SSSR count). The molecule has 2 aromatic heterocycles. The van der Waals surface area contributed by atoms with Gasteiger partial charge in [0.05, 0.1) is 6.04 Å². The highest BCUT2D eigenvalue weighted by atomic mass is 16.4. The van der Waals surface area contributed by atoms with Gasteiger partial charge in [-0.3, -0.25) is 4.79 Å². The topological polar surface area (TPSA) is 95.3 Å². The second-order valence-corrected chi connectivity index (χ2v) is 9.10. The molecule has 29 heavy (non-hydrogen) atoms. The lowest BCUT2D eigenvalue weighted by Crippen LogP contribution is -2.43. The molecule has 1 aliphatic heterocycles. The van der Waals surface area contributed by atoms with Crippen molar-refractivity contribution in [2.45, 2.75) is 59.4 Å². The molecule has 2 aliphatic rings. The molecule has 2 aromatic rings. The Hall–Kier alpha value is -2.75. The first-order chi connectivity index (χ1) is 13.8. The molecule has 0 unspecified atom stereocenters. The summed E-state index contributed by atoms with van der Waals surface area (Å²) in [5, 5.41) is 12.5. The predicted octanol–water partition coefficient (Wildman–Crippen LogP) is 3.80. The summed E-state index contributed by atoms with van der Waals surface area (Å²) in [6, 6.07) is 4.15. The summed E-state index contributed by atoms with van der Waals surface area (Å²) < 4.78 is 11.5. The van der Waals surface area contributed by atoms with Gasteiger partial charge in [0.1, 0.15) is 17.6 Å². The van der Waals surface area contributed by atoms with Gasteiger partial charge in [0.2, 0.25) is 17.5 Å². The molecule has 154 valence electrons. The Morgan fingerprint density at radius 1 is 1.31 bits per heavy atom. The quantitative estimate of drug-likeness (QED) is 0.848. The number of fused-ring (bicyclic) bond motifs is 1. The molecule has 7 nitrogen and oxygen atoms in total. The second kappa shape index (κ2) is 7.25. The van der Waals surface area contributed by atoms with E-state index in [4.69, 9.17) is 8.83 Å². The molecule has 1 amide bonds. The lowest BCUT2D eigenvalue weighted by atomic mass is 9.74. The first-order valence-electron chi connectivity index (χ1n) is 10.3. The van der Waals surface area contributed by atoms with Gasteiger partial charge in [-0.15, -0.1) is 0 Å². The number of nitrogens with zero attached hydrogens (tertiary/aromatic N) is 3. The van der Waals surface area contributed by atoms with E-state index in [9.17, 15) is 10.1 Å². The van der Waals surface area contributed by atoms with Crippen molar-refractivity contribution < 1.29 is 13.6 Å². The van der Waals surface area contributed by atoms with Gasteiger partial charge in [-0.05, 0) is 37.7 Å². The summed E-state index contributed by atoms with van der Waals surface area (Å²) in [5.41, 5.74) is 1.54. The van der Waals surface area contributed by atoms with E-state index < -0.39 is 0 Å². The smallest absolute Gasteiger partial charge is 0.234 e. The van der Waals surface area contributed by atoms with Crippen LogP contribution < -0.4 is 10.2 Å². The third kappa shape index (κ3) is 3.89. The Morgan fingerprint density at radius 2 is 2.03 bits per heavy atom. The van der Waals surface area contributed by atoms with Crippen molar-refractivity contribution in [3.63, 3.8) is 0 Å². The van der Waals surface area contributed by atoms with Crippen LogP contribution in [0.4, 0.5) is 5.88 Å². The van der Waals surface area contributed by atoms with Crippen LogP contribution in [0, 0.1) is 36.5 Å². The monoisotopic (exact) mass is 396 g/mol. The molecule has 3 heterocycles. The molecule has 1 N–H and O–H groups in total. The molecule has 1 atom stereocenters. The third-order valence-corrected chi connectivity index (χ3v) is 6.03. The molecular formula is C22H28N4O3. The van der Waals surface area contributed by atoms with Gasteiger partial charge >= 0.3 is 0 Å². The maximum absolute atomic E-state index is 13.0. The van der Waals surface area contributed by atoms with E-state index in [0.717, 1.165) is 42.8 Å². The van der Waals surface area contributed by atoms with E-state index in [0.29, 0.717) is 30.6 Å². The molecule has 1 fully saturated rings. The zero-order chi connectivity index (χ0) is 20.8. The number of aromatic nitrogens is 1. The largest absolute Gasteiger partial charge is 0.466 e. The number of oxazole rings is 1. The number of nitriles is 1. The average Bonchev–Trinajstić information content (AvgIpc) is 3.22. The SMILES string of the molecule is Cc1cc2c(o1)CC(C)(C)C[C@@H]2NC(=O)C1CCN(c2oc(C)nc2C#N)CC1. The summed E-state index contributed by atoms with van der Waals surface area (Å²) in [4.78, 5) is 19.1. The second-order valence-electron chi connectivity index (χ2n) is 9.10. The minimum Gasteiger partial charge on any atom is -0.466 e. The Kier molecular flexibility index (Phi) is 4.89. The molecule has 0 bridgehead atoms. The summed E-state index contributed by atoms with van der Waals surface area (Å²) in [6.45, 7) is 9.49. The maximum atomic E-state index is 13.0. The molecule has 1 aliphatic carbocycles. The highest BCUT2D eigenvalue weighted by Crippen LogP contribution is 2.42. The number of amides is 1. The Morgan fingerprint density at radius 3 is 2.72 bits per heavy atom. The van der Waals surface area contributed by atoms with Crippen LogP contribution in [0.2, 0.25) is 0 Å². The lowest BCUT2D eigenvalue weighted by molar-refractivity contribution is -0.126. The van der Waals surface area contributed by atoms with Crippen molar-refractivity contribution in [3.8, 4) is 6.07 Å². The fourth-order valence-electron chi connectivity index (χ4n) is 4.65. The lowest BCUT2D eigenvalue weighted by Gasteiger charge is -2.36. The highest BCUT2D eigenvalue weighted by Gasteiger charge is 2.37. The molecule has 7 heteroatoms. The van der Waals surface area contributed by atoms with E-state index in [1.807, 2.05) is 11.8 Å². The number of hydrogen-bond donors (Lipinski definition) is 1. The number of rotatable bonds is 3. The zero-order valence-corrected chi connectivity index (χ0v) is 17.5. The van der Waals surface area contributed by atoms with Crippen LogP contribution in [-0.4, -0.2) is 24.0 Å². The van der Waals surface area contributed by atoms with Gasteiger partial charge in [0.15, 0.2) is 5.89 Å². The maximum Gasteiger partial charge on any atom is 0.234 e. The molecule has 0 aromatic carbocycles. The number of furan rings is 1. The number of aryl methyl sites for hydroxylation is 2. The predicted molar refractivity (Wildman–Crippen MR) is 107 cm³/mol. The van der Waals surface area contributed by atoms with Crippen molar-refractivity contribution in [3.05, 3.63) is 34.7 Å². The number of piperidine rings is 1. The van der Waals surface area contributed by atoms with Crippen molar-refractivity contribution in [2.75, 3.05) is 18.0 Å². The van der Waals surface area contributed by atoms with E-state index in [1.165, 1.54) is 0 Å². The fraction of sp³-hybridized carbons (Fsp3) is 0.591. The van der Waals surface area contributed by atoms with Crippen LogP contribution in [0.3, 0.4) is 0 Å². The van der Waals surface area contributed by atoms with Crippen LogP contribution in [0.1, 0.15) is 67.8 Å². The summed E-state index contributed by atoms with van der Waals surface area (Å²) >= 11 is 0. The van der Waals surface area contributed by atoms with Crippen molar-refractivity contribution in [2.24, 2.45) is 11.3 Å². The number of nitrogens with one attached hydrogen (secondary N) is 1. The van der Waals surface area contributed by atoms with Crippen LogP contribution in [0.25, 0.3) is 0 Å². The Bertz CT molecular complexity index is 957. The van der Waals surface area contributed by atoms with Gasteiger partial charge in [-0.25, -0.2) is 4.98 Å². The molecule has 0 radical (unpaired) electrons. The Labute approximate surface area is 171 Å². The van der Waals surface area contributed by atoms with Gasteiger partial charge < -0.3 is 19.1 Å². The van der Waals surface area contributed by atoms with Crippen LogP contribution in [0.5, 0.6) is 0 Å². The number of anilines is 1. The van der Waals surface area contributed by atoms with E-state index in [1.54, 1.807) is 6.92 Å². The summed E-state index contributed by atoms with van der Waals surface area (Å²) in [7, 11) is 0. The zero-order valence-electron chi connectivity index (χ0n) is 17.5. The molecule has 1 saturated heterocycles.